The molecule has 0 saturated heterocycles. The lowest BCUT2D eigenvalue weighted by atomic mass is 9.87. The molecule has 3 aromatic heterocycles. The molecule has 12 nitrogen and oxygen atoms in total. The van der Waals surface area contributed by atoms with Crippen molar-refractivity contribution in [3.05, 3.63) is 88.3 Å². The number of nitrogens with zero attached hydrogens (tertiary/aromatic N) is 5. The molecule has 3 N–H and O–H groups in total. The molecule has 2 aromatic carbocycles. The molecule has 45 heavy (non-hydrogen) atoms. The molecule has 0 aliphatic heterocycles. The number of nitrogens with one attached hydrogen (secondary N) is 3. The van der Waals surface area contributed by atoms with Crippen LogP contribution in [0.3, 0.4) is 0 Å². The van der Waals surface area contributed by atoms with Gasteiger partial charge in [0.2, 0.25) is 5.91 Å². The number of rotatable bonds is 9. The average molecular weight is 627 g/mol. The van der Waals surface area contributed by atoms with E-state index < -0.39 is 0 Å². The SMILES string of the molecule is CN(C)CC(=O)Nc1ccc(C(=O)Nc2cc(C(=O)NCCn3nc4c5c(cccc53)C(=O)c3c(Cl)cccc3-4)n(C)c2)n1C. The van der Waals surface area contributed by atoms with E-state index in [-0.39, 0.29) is 36.6 Å². The Labute approximate surface area is 263 Å². The second-order valence-electron chi connectivity index (χ2n) is 11.1. The first-order valence-corrected chi connectivity index (χ1v) is 14.6. The van der Waals surface area contributed by atoms with Crippen LogP contribution >= 0.6 is 11.6 Å². The Bertz CT molecular complexity index is 2020. The van der Waals surface area contributed by atoms with Gasteiger partial charge in [-0.2, -0.15) is 5.10 Å². The fourth-order valence-corrected chi connectivity index (χ4v) is 5.88. The van der Waals surface area contributed by atoms with Crippen LogP contribution < -0.4 is 16.0 Å². The Morgan fingerprint density at radius 1 is 0.933 bits per heavy atom. The molecule has 13 heteroatoms. The van der Waals surface area contributed by atoms with Crippen molar-refractivity contribution in [1.82, 2.24) is 29.1 Å². The summed E-state index contributed by atoms with van der Waals surface area (Å²) in [4.78, 5) is 53.2. The number of carbonyl (C=O) groups excluding carboxylic acids is 4. The zero-order valence-corrected chi connectivity index (χ0v) is 25.9. The summed E-state index contributed by atoms with van der Waals surface area (Å²) in [7, 11) is 7.00. The summed E-state index contributed by atoms with van der Waals surface area (Å²) >= 11 is 6.39. The fraction of sp³-hybridized carbons (Fsp3) is 0.219. The molecule has 6 rings (SSSR count). The van der Waals surface area contributed by atoms with Gasteiger partial charge in [-0.05, 0) is 44.4 Å². The molecule has 3 amide bonds. The minimum atomic E-state index is -0.386. The van der Waals surface area contributed by atoms with E-state index in [1.165, 1.54) is 0 Å². The number of anilines is 2. The number of amides is 3. The van der Waals surface area contributed by atoms with Crippen LogP contribution in [0.4, 0.5) is 11.5 Å². The van der Waals surface area contributed by atoms with E-state index in [1.807, 2.05) is 18.2 Å². The minimum Gasteiger partial charge on any atom is -0.349 e. The first-order chi connectivity index (χ1) is 21.5. The van der Waals surface area contributed by atoms with Crippen LogP contribution in [-0.2, 0) is 25.4 Å². The van der Waals surface area contributed by atoms with Gasteiger partial charge < -0.3 is 30.0 Å². The molecule has 230 valence electrons. The number of fused-ring (bicyclic) bond motifs is 2. The lowest BCUT2D eigenvalue weighted by Crippen LogP contribution is -2.28. The summed E-state index contributed by atoms with van der Waals surface area (Å²) in [6.45, 7) is 0.853. The number of aryl methyl sites for hydroxylation is 1. The number of carbonyl (C=O) groups is 4. The van der Waals surface area contributed by atoms with Crippen LogP contribution in [0.5, 0.6) is 0 Å². The summed E-state index contributed by atoms with van der Waals surface area (Å²) in [5, 5.41) is 14.5. The Hall–Kier alpha value is -5.20. The second kappa shape index (κ2) is 11.7. The van der Waals surface area contributed by atoms with E-state index in [9.17, 15) is 19.2 Å². The highest BCUT2D eigenvalue weighted by Gasteiger charge is 2.30. The highest BCUT2D eigenvalue weighted by atomic mass is 35.5. The van der Waals surface area contributed by atoms with Crippen molar-refractivity contribution in [3.63, 3.8) is 0 Å². The van der Waals surface area contributed by atoms with Crippen molar-refractivity contribution in [2.45, 2.75) is 6.54 Å². The van der Waals surface area contributed by atoms with Gasteiger partial charge in [0.1, 0.15) is 22.9 Å². The van der Waals surface area contributed by atoms with E-state index in [2.05, 4.69) is 16.0 Å². The number of ketones is 1. The van der Waals surface area contributed by atoms with Gasteiger partial charge in [-0.3, -0.25) is 23.9 Å². The van der Waals surface area contributed by atoms with Gasteiger partial charge in [-0.15, -0.1) is 0 Å². The molecular formula is C32H31ClN8O4. The van der Waals surface area contributed by atoms with E-state index in [4.69, 9.17) is 16.7 Å². The Morgan fingerprint density at radius 2 is 1.69 bits per heavy atom. The Kier molecular flexibility index (Phi) is 7.77. The predicted molar refractivity (Wildman–Crippen MR) is 172 cm³/mol. The van der Waals surface area contributed by atoms with Crippen LogP contribution in [0.25, 0.3) is 22.2 Å². The lowest BCUT2D eigenvalue weighted by Gasteiger charge is -2.15. The molecule has 5 aromatic rings. The van der Waals surface area contributed by atoms with Gasteiger partial charge in [0.05, 0.1) is 34.9 Å². The molecule has 1 aliphatic rings. The van der Waals surface area contributed by atoms with E-state index >= 15 is 0 Å². The van der Waals surface area contributed by atoms with Crippen LogP contribution in [0.1, 0.15) is 36.9 Å². The van der Waals surface area contributed by atoms with Gasteiger partial charge in [0.25, 0.3) is 11.8 Å². The molecule has 0 saturated carbocycles. The van der Waals surface area contributed by atoms with Gasteiger partial charge in [-0.1, -0.05) is 35.9 Å². The van der Waals surface area contributed by atoms with Crippen molar-refractivity contribution in [2.24, 2.45) is 14.1 Å². The van der Waals surface area contributed by atoms with Crippen molar-refractivity contribution in [3.8, 4) is 11.3 Å². The summed E-state index contributed by atoms with van der Waals surface area (Å²) < 4.78 is 5.01. The largest absolute Gasteiger partial charge is 0.349 e. The quantitative estimate of drug-likeness (QED) is 0.224. The maximum Gasteiger partial charge on any atom is 0.272 e. The molecule has 3 heterocycles. The number of benzene rings is 2. The number of hydrogen-bond acceptors (Lipinski definition) is 6. The van der Waals surface area contributed by atoms with Crippen molar-refractivity contribution in [1.29, 1.82) is 0 Å². The zero-order chi connectivity index (χ0) is 32.0. The molecular weight excluding hydrogens is 596 g/mol. The van der Waals surface area contributed by atoms with Gasteiger partial charge in [0, 0.05) is 43.4 Å². The molecule has 0 radical (unpaired) electrons. The molecule has 0 fully saturated rings. The van der Waals surface area contributed by atoms with Crippen LogP contribution in [0.2, 0.25) is 5.02 Å². The smallest absolute Gasteiger partial charge is 0.272 e. The van der Waals surface area contributed by atoms with Gasteiger partial charge >= 0.3 is 0 Å². The third-order valence-corrected chi connectivity index (χ3v) is 8.02. The Morgan fingerprint density at radius 3 is 2.47 bits per heavy atom. The predicted octanol–water partition coefficient (Wildman–Crippen LogP) is 3.76. The number of likely N-dealkylation sites (N-methyl/N-ethyl adjacent to an activating group) is 1. The molecule has 0 bridgehead atoms. The first kappa shape index (κ1) is 29.9. The molecule has 0 spiro atoms. The first-order valence-electron chi connectivity index (χ1n) is 14.2. The summed E-state index contributed by atoms with van der Waals surface area (Å²) in [6.07, 6.45) is 1.65. The van der Waals surface area contributed by atoms with Gasteiger partial charge in [0.15, 0.2) is 5.78 Å². The summed E-state index contributed by atoms with van der Waals surface area (Å²) in [5.74, 6) is -0.539. The number of aromatic nitrogens is 4. The maximum absolute atomic E-state index is 13.2. The zero-order valence-electron chi connectivity index (χ0n) is 25.1. The van der Waals surface area contributed by atoms with Crippen molar-refractivity contribution in [2.75, 3.05) is 37.8 Å². The highest BCUT2D eigenvalue weighted by Crippen LogP contribution is 2.41. The standard InChI is InChI=1S/C32H31ClN8O4/c1-38(2)17-26(42)36-25-12-11-23(40(25)4)32(45)35-18-15-24(39(3)16-18)31(44)34-13-14-41-22-10-6-8-20-28(22)29(37-41)19-7-5-9-21(33)27(19)30(20)43/h5-12,15-16H,13-14,17H2,1-4H3,(H,34,44)(H,35,45)(H,36,42). The molecule has 1 aliphatic carbocycles. The molecule has 0 unspecified atom stereocenters. The second-order valence-corrected chi connectivity index (χ2v) is 11.6. The highest BCUT2D eigenvalue weighted by molar-refractivity contribution is 6.38. The lowest BCUT2D eigenvalue weighted by molar-refractivity contribution is -0.116. The Balaban J connectivity index is 1.12. The third kappa shape index (κ3) is 5.49. The van der Waals surface area contributed by atoms with Crippen LogP contribution in [0, 0.1) is 0 Å². The average Bonchev–Trinajstić information content (AvgIpc) is 3.66. The number of hydrogen-bond donors (Lipinski definition) is 3. The number of halogens is 1. The van der Waals surface area contributed by atoms with Gasteiger partial charge in [-0.25, -0.2) is 0 Å². The van der Waals surface area contributed by atoms with Crippen LogP contribution in [0.15, 0.2) is 60.8 Å². The normalized spacial score (nSPS) is 12.0. The van der Waals surface area contributed by atoms with Crippen molar-refractivity contribution < 1.29 is 19.2 Å². The van der Waals surface area contributed by atoms with Crippen LogP contribution in [-0.4, -0.2) is 74.5 Å². The summed E-state index contributed by atoms with van der Waals surface area (Å²) in [6, 6.07) is 15.7. The molecule has 0 atom stereocenters. The topological polar surface area (TPSA) is 135 Å². The monoisotopic (exact) mass is 626 g/mol. The third-order valence-electron chi connectivity index (χ3n) is 7.70. The minimum absolute atomic E-state index is 0.132. The van der Waals surface area contributed by atoms with Crippen molar-refractivity contribution >= 4 is 57.5 Å². The maximum atomic E-state index is 13.2. The van der Waals surface area contributed by atoms with E-state index in [0.29, 0.717) is 56.8 Å². The van der Waals surface area contributed by atoms with E-state index in [1.54, 1.807) is 89.5 Å². The summed E-state index contributed by atoms with van der Waals surface area (Å²) in [5.41, 5.74) is 4.32. The van der Waals surface area contributed by atoms with E-state index in [0.717, 1.165) is 10.9 Å². The fourth-order valence-electron chi connectivity index (χ4n) is 5.62.